The Bertz CT molecular complexity index is 2870. The third-order valence-electron chi connectivity index (χ3n) is 10.9. The normalized spacial score (nSPS) is 12.8. The topological polar surface area (TPSA) is 18.5 Å². The predicted molar refractivity (Wildman–Crippen MR) is 217 cm³/mol. The van der Waals surface area contributed by atoms with Gasteiger partial charge < -0.3 is 9.47 Å². The molecule has 1 aliphatic rings. The average Bonchev–Trinajstić information content (AvgIpc) is 3.19. The van der Waals surface area contributed by atoms with Crippen molar-refractivity contribution in [2.75, 3.05) is 0 Å². The SMILES string of the molecule is c1ccc2cc3cc4c(cc3cc2c1)OCc1ccc2ccccc2c1-c1c(ccc2ccccc12)COc1cc2cc3ccccc3cc2cc1-4. The fourth-order valence-corrected chi connectivity index (χ4v) is 8.38. The highest BCUT2D eigenvalue weighted by molar-refractivity contribution is 6.08. The van der Waals surface area contributed by atoms with Gasteiger partial charge >= 0.3 is 0 Å². The molecule has 0 atom stereocenters. The van der Waals surface area contributed by atoms with Crippen LogP contribution in [0.3, 0.4) is 0 Å². The van der Waals surface area contributed by atoms with Crippen LogP contribution in [0.1, 0.15) is 11.1 Å². The Morgan fingerprint density at radius 1 is 0.288 bits per heavy atom. The monoisotopic (exact) mass is 664 g/mol. The van der Waals surface area contributed by atoms with E-state index in [-0.39, 0.29) is 0 Å². The van der Waals surface area contributed by atoms with Crippen LogP contribution in [0, 0.1) is 0 Å². The van der Waals surface area contributed by atoms with Crippen LogP contribution < -0.4 is 9.47 Å². The van der Waals surface area contributed by atoms with E-state index in [1.807, 2.05) is 0 Å². The molecule has 0 aliphatic carbocycles. The Labute approximate surface area is 301 Å². The summed E-state index contributed by atoms with van der Waals surface area (Å²) in [4.78, 5) is 0. The standard InChI is InChI=1S/C50H32O2/c1-3-13-35-23-41-27-47-45(25-39(41)21-33(35)11-1)46-26-40-22-34-12-2-4-14-36(34)24-42(40)28-48(46)52-30-38-20-18-32-10-6-8-16-44(32)50(38)49-37(29-51-47)19-17-31-9-5-7-15-43(31)49/h1-28H,29-30H2. The molecule has 0 fully saturated rings. The van der Waals surface area contributed by atoms with Gasteiger partial charge in [0.25, 0.3) is 0 Å². The predicted octanol–water partition coefficient (Wildman–Crippen LogP) is 13.4. The van der Waals surface area contributed by atoms with Crippen molar-refractivity contribution >= 4 is 64.6 Å². The maximum Gasteiger partial charge on any atom is 0.128 e. The van der Waals surface area contributed by atoms with Crippen LogP contribution in [0.25, 0.3) is 86.9 Å². The van der Waals surface area contributed by atoms with Crippen LogP contribution in [0.5, 0.6) is 11.5 Å². The number of benzene rings is 10. The number of hydrogen-bond donors (Lipinski definition) is 0. The van der Waals surface area contributed by atoms with E-state index in [1.165, 1.54) is 65.0 Å². The van der Waals surface area contributed by atoms with Crippen molar-refractivity contribution in [2.24, 2.45) is 0 Å². The highest BCUT2D eigenvalue weighted by Gasteiger charge is 2.22. The fourth-order valence-electron chi connectivity index (χ4n) is 8.38. The van der Waals surface area contributed by atoms with Crippen LogP contribution in [-0.2, 0) is 13.2 Å². The lowest BCUT2D eigenvalue weighted by atomic mass is 9.87. The van der Waals surface area contributed by atoms with Gasteiger partial charge in [0.05, 0.1) is 0 Å². The van der Waals surface area contributed by atoms with Crippen molar-refractivity contribution in [1.29, 1.82) is 0 Å². The van der Waals surface area contributed by atoms with Gasteiger partial charge in [-0.2, -0.15) is 0 Å². The minimum absolute atomic E-state index is 0.420. The molecule has 0 radical (unpaired) electrons. The number of fused-ring (bicyclic) bond motifs is 14. The van der Waals surface area contributed by atoms with E-state index >= 15 is 0 Å². The first-order valence-corrected chi connectivity index (χ1v) is 17.9. The largest absolute Gasteiger partial charge is 0.488 e. The lowest BCUT2D eigenvalue weighted by Crippen LogP contribution is -2.06. The van der Waals surface area contributed by atoms with Crippen LogP contribution in [-0.4, -0.2) is 0 Å². The van der Waals surface area contributed by atoms with E-state index in [9.17, 15) is 0 Å². The van der Waals surface area contributed by atoms with Gasteiger partial charge in [0.15, 0.2) is 0 Å². The Morgan fingerprint density at radius 3 is 1.04 bits per heavy atom. The number of rotatable bonds is 0. The molecule has 10 aromatic rings. The van der Waals surface area contributed by atoms with Gasteiger partial charge in [-0.1, -0.05) is 121 Å². The second kappa shape index (κ2) is 11.4. The van der Waals surface area contributed by atoms with Crippen LogP contribution in [0.2, 0.25) is 0 Å². The van der Waals surface area contributed by atoms with Crippen LogP contribution in [0.15, 0.2) is 170 Å². The minimum atomic E-state index is 0.420. The van der Waals surface area contributed by atoms with Crippen molar-refractivity contribution in [1.82, 2.24) is 0 Å². The molecular formula is C50H32O2. The molecule has 11 rings (SSSR count). The molecule has 0 bridgehead atoms. The molecule has 2 heteroatoms. The van der Waals surface area contributed by atoms with Crippen molar-refractivity contribution in [2.45, 2.75) is 13.2 Å². The molecule has 1 aliphatic heterocycles. The summed E-state index contributed by atoms with van der Waals surface area (Å²) in [7, 11) is 0. The van der Waals surface area contributed by atoms with E-state index in [2.05, 4.69) is 170 Å². The molecule has 0 spiro atoms. The molecule has 1 heterocycles. The average molecular weight is 665 g/mol. The van der Waals surface area contributed by atoms with E-state index in [0.717, 1.165) is 44.5 Å². The van der Waals surface area contributed by atoms with Gasteiger partial charge in [-0.05, 0) is 135 Å². The molecule has 0 saturated carbocycles. The van der Waals surface area contributed by atoms with E-state index in [1.54, 1.807) is 0 Å². The van der Waals surface area contributed by atoms with Gasteiger partial charge in [-0.25, -0.2) is 0 Å². The summed E-state index contributed by atoms with van der Waals surface area (Å²) in [6.07, 6.45) is 0. The molecule has 52 heavy (non-hydrogen) atoms. The van der Waals surface area contributed by atoms with E-state index in [4.69, 9.17) is 9.47 Å². The Kier molecular flexibility index (Phi) is 6.41. The van der Waals surface area contributed by atoms with Crippen molar-refractivity contribution in [3.63, 3.8) is 0 Å². The molecule has 2 nitrogen and oxygen atoms in total. The van der Waals surface area contributed by atoms with Crippen LogP contribution >= 0.6 is 0 Å². The van der Waals surface area contributed by atoms with Crippen molar-refractivity contribution in [3.05, 3.63) is 181 Å². The Balaban J connectivity index is 1.22. The van der Waals surface area contributed by atoms with Crippen molar-refractivity contribution in [3.8, 4) is 33.8 Å². The zero-order valence-electron chi connectivity index (χ0n) is 28.4. The third kappa shape index (κ3) is 4.65. The lowest BCUT2D eigenvalue weighted by molar-refractivity contribution is 0.302. The van der Waals surface area contributed by atoms with E-state index < -0.39 is 0 Å². The maximum absolute atomic E-state index is 7.07. The second-order valence-electron chi connectivity index (χ2n) is 14.0. The summed E-state index contributed by atoms with van der Waals surface area (Å²) in [5, 5.41) is 14.3. The molecule has 0 saturated heterocycles. The number of ether oxygens (including phenoxy) is 2. The molecule has 244 valence electrons. The van der Waals surface area contributed by atoms with E-state index in [0.29, 0.717) is 13.2 Å². The molecular weight excluding hydrogens is 633 g/mol. The molecule has 0 amide bonds. The van der Waals surface area contributed by atoms with Gasteiger partial charge in [-0.15, -0.1) is 0 Å². The van der Waals surface area contributed by atoms with Gasteiger partial charge in [-0.3, -0.25) is 0 Å². The highest BCUT2D eigenvalue weighted by Crippen LogP contribution is 2.46. The summed E-state index contributed by atoms with van der Waals surface area (Å²) in [5.41, 5.74) is 6.74. The van der Waals surface area contributed by atoms with Gasteiger partial charge in [0, 0.05) is 11.1 Å². The molecule has 0 N–H and O–H groups in total. The summed E-state index contributed by atoms with van der Waals surface area (Å²) in [6.45, 7) is 0.840. The minimum Gasteiger partial charge on any atom is -0.488 e. The molecule has 10 aromatic carbocycles. The van der Waals surface area contributed by atoms with Crippen molar-refractivity contribution < 1.29 is 9.47 Å². The maximum atomic E-state index is 7.07. The molecule has 0 aromatic heterocycles. The summed E-state index contributed by atoms with van der Waals surface area (Å²) >= 11 is 0. The zero-order valence-corrected chi connectivity index (χ0v) is 28.4. The van der Waals surface area contributed by atoms with Gasteiger partial charge in [0.1, 0.15) is 24.7 Å². The zero-order chi connectivity index (χ0) is 34.2. The third-order valence-corrected chi connectivity index (χ3v) is 10.9. The van der Waals surface area contributed by atoms with Gasteiger partial charge in [0.2, 0.25) is 0 Å². The number of hydrogen-bond acceptors (Lipinski definition) is 2. The quantitative estimate of drug-likeness (QED) is 0.150. The first kappa shape index (κ1) is 29.1. The van der Waals surface area contributed by atoms with Crippen LogP contribution in [0.4, 0.5) is 0 Å². The first-order chi connectivity index (χ1) is 25.7. The summed E-state index contributed by atoms with van der Waals surface area (Å²) in [5.74, 6) is 1.68. The smallest absolute Gasteiger partial charge is 0.128 e. The summed E-state index contributed by atoms with van der Waals surface area (Å²) in [6, 6.07) is 61.6. The fraction of sp³-hybridized carbons (Fsp3) is 0.0400. The highest BCUT2D eigenvalue weighted by atomic mass is 16.5. The summed E-state index contributed by atoms with van der Waals surface area (Å²) < 4.78 is 14.1. The lowest BCUT2D eigenvalue weighted by Gasteiger charge is -2.23. The first-order valence-electron chi connectivity index (χ1n) is 17.9. The molecule has 0 unspecified atom stereocenters. The second-order valence-corrected chi connectivity index (χ2v) is 14.0. The Hall–Kier alpha value is -6.64. The Morgan fingerprint density at radius 2 is 0.635 bits per heavy atom.